The maximum Gasteiger partial charge on any atom is 0.323 e. The lowest BCUT2D eigenvalue weighted by atomic mass is 10.3. The van der Waals surface area contributed by atoms with Crippen molar-refractivity contribution in [3.8, 4) is 0 Å². The first-order chi connectivity index (χ1) is 9.66. The van der Waals surface area contributed by atoms with Gasteiger partial charge in [0, 0.05) is 26.9 Å². The standard InChI is InChI=1S/C11H17N3O6S/c1-13-6-8(21(12,18)19)5-9(13)11(17)14(3-4-20-2)7-10(15)16/h5-6H,3-4,7H2,1-2H3,(H,15,16)(H2,12,18,19). The number of hydrogen-bond acceptors (Lipinski definition) is 5. The molecule has 0 aromatic carbocycles. The maximum absolute atomic E-state index is 12.3. The number of primary sulfonamides is 1. The highest BCUT2D eigenvalue weighted by molar-refractivity contribution is 7.89. The van der Waals surface area contributed by atoms with Gasteiger partial charge in [-0.05, 0) is 6.07 Å². The predicted octanol–water partition coefficient (Wildman–Crippen LogP) is -1.15. The molecule has 9 nitrogen and oxygen atoms in total. The van der Waals surface area contributed by atoms with Gasteiger partial charge in [0.15, 0.2) is 0 Å². The zero-order valence-electron chi connectivity index (χ0n) is 11.6. The first-order valence-electron chi connectivity index (χ1n) is 5.86. The Balaban J connectivity index is 3.08. The molecule has 1 aromatic rings. The van der Waals surface area contributed by atoms with Crippen LogP contribution >= 0.6 is 0 Å². The van der Waals surface area contributed by atoms with Crippen LogP contribution in [0.4, 0.5) is 0 Å². The van der Waals surface area contributed by atoms with Crippen molar-refractivity contribution >= 4 is 21.9 Å². The van der Waals surface area contributed by atoms with Crippen molar-refractivity contribution in [2.75, 3.05) is 26.8 Å². The smallest absolute Gasteiger partial charge is 0.323 e. The van der Waals surface area contributed by atoms with Gasteiger partial charge in [-0.15, -0.1) is 0 Å². The molecule has 1 heterocycles. The van der Waals surface area contributed by atoms with Crippen LogP contribution in [0.3, 0.4) is 0 Å². The summed E-state index contributed by atoms with van der Waals surface area (Å²) in [6, 6.07) is 1.11. The van der Waals surface area contributed by atoms with E-state index in [1.54, 1.807) is 0 Å². The number of ether oxygens (including phenoxy) is 1. The summed E-state index contributed by atoms with van der Waals surface area (Å²) in [5.74, 6) is -1.80. The summed E-state index contributed by atoms with van der Waals surface area (Å²) in [4.78, 5) is 23.9. The van der Waals surface area contributed by atoms with Crippen LogP contribution in [0, 0.1) is 0 Å². The van der Waals surface area contributed by atoms with Gasteiger partial charge in [-0.2, -0.15) is 0 Å². The molecule has 0 fully saturated rings. The molecule has 0 bridgehead atoms. The van der Waals surface area contributed by atoms with Crippen molar-refractivity contribution in [1.29, 1.82) is 0 Å². The molecule has 0 aliphatic heterocycles. The van der Waals surface area contributed by atoms with Gasteiger partial charge in [0.05, 0.1) is 6.61 Å². The lowest BCUT2D eigenvalue weighted by Crippen LogP contribution is -2.38. The van der Waals surface area contributed by atoms with E-state index in [0.717, 1.165) is 11.0 Å². The van der Waals surface area contributed by atoms with Crippen molar-refractivity contribution in [2.45, 2.75) is 4.90 Å². The van der Waals surface area contributed by atoms with Crippen LogP contribution in [-0.4, -0.2) is 61.7 Å². The largest absolute Gasteiger partial charge is 0.480 e. The number of amides is 1. The molecular weight excluding hydrogens is 302 g/mol. The Morgan fingerprint density at radius 1 is 1.48 bits per heavy atom. The number of nitrogens with zero attached hydrogens (tertiary/aromatic N) is 2. The van der Waals surface area contributed by atoms with E-state index in [2.05, 4.69) is 0 Å². The SMILES string of the molecule is COCCN(CC(=O)O)C(=O)c1cc(S(N)(=O)=O)cn1C. The van der Waals surface area contributed by atoms with Gasteiger partial charge in [0.2, 0.25) is 10.0 Å². The van der Waals surface area contributed by atoms with Gasteiger partial charge in [-0.3, -0.25) is 9.59 Å². The number of rotatable bonds is 7. The highest BCUT2D eigenvalue weighted by atomic mass is 32.2. The number of sulfonamides is 1. The molecule has 1 aromatic heterocycles. The maximum atomic E-state index is 12.3. The van der Waals surface area contributed by atoms with E-state index in [4.69, 9.17) is 15.0 Å². The van der Waals surface area contributed by atoms with Crippen LogP contribution in [-0.2, 0) is 26.6 Å². The topological polar surface area (TPSA) is 132 Å². The first kappa shape index (κ1) is 17.1. The Kier molecular flexibility index (Phi) is 5.47. The minimum atomic E-state index is -3.94. The third kappa shape index (κ3) is 4.55. The van der Waals surface area contributed by atoms with Gasteiger partial charge in [-0.1, -0.05) is 0 Å². The molecule has 0 saturated heterocycles. The lowest BCUT2D eigenvalue weighted by molar-refractivity contribution is -0.137. The average Bonchev–Trinajstić information content (AvgIpc) is 2.75. The summed E-state index contributed by atoms with van der Waals surface area (Å²) >= 11 is 0. The van der Waals surface area contributed by atoms with Crippen molar-refractivity contribution in [3.05, 3.63) is 18.0 Å². The minimum absolute atomic E-state index is 0.0244. The molecule has 0 unspecified atom stereocenters. The van der Waals surface area contributed by atoms with Crippen molar-refractivity contribution < 1.29 is 27.9 Å². The number of carbonyl (C=O) groups excluding carboxylic acids is 1. The van der Waals surface area contributed by atoms with Gasteiger partial charge in [-0.25, -0.2) is 13.6 Å². The van der Waals surface area contributed by atoms with Crippen molar-refractivity contribution in [1.82, 2.24) is 9.47 Å². The van der Waals surface area contributed by atoms with E-state index in [1.807, 2.05) is 0 Å². The molecule has 0 atom stereocenters. The second kappa shape index (κ2) is 6.70. The number of hydrogen-bond donors (Lipinski definition) is 2. The van der Waals surface area contributed by atoms with Gasteiger partial charge < -0.3 is 19.3 Å². The second-order valence-corrected chi connectivity index (χ2v) is 5.89. The fourth-order valence-corrected chi connectivity index (χ4v) is 2.26. The number of aromatic nitrogens is 1. The number of carbonyl (C=O) groups is 2. The summed E-state index contributed by atoms with van der Waals surface area (Å²) in [6.45, 7) is -0.291. The third-order valence-electron chi connectivity index (χ3n) is 2.71. The van der Waals surface area contributed by atoms with E-state index < -0.39 is 28.4 Å². The average molecular weight is 319 g/mol. The molecule has 21 heavy (non-hydrogen) atoms. The molecule has 0 aliphatic rings. The molecule has 10 heteroatoms. The summed E-state index contributed by atoms with van der Waals surface area (Å²) in [5.41, 5.74) is 0.0244. The normalized spacial score (nSPS) is 11.4. The Bertz CT molecular complexity index is 636. The molecule has 0 aliphatic carbocycles. The zero-order chi connectivity index (χ0) is 16.2. The highest BCUT2D eigenvalue weighted by Crippen LogP contribution is 2.14. The summed E-state index contributed by atoms with van der Waals surface area (Å²) in [5, 5.41) is 13.8. The Morgan fingerprint density at radius 3 is 2.52 bits per heavy atom. The highest BCUT2D eigenvalue weighted by Gasteiger charge is 2.23. The zero-order valence-corrected chi connectivity index (χ0v) is 12.5. The quantitative estimate of drug-likeness (QED) is 0.652. The molecule has 118 valence electrons. The van der Waals surface area contributed by atoms with E-state index in [9.17, 15) is 18.0 Å². The number of aryl methyl sites for hydroxylation is 1. The van der Waals surface area contributed by atoms with E-state index in [0.29, 0.717) is 0 Å². The molecule has 0 spiro atoms. The van der Waals surface area contributed by atoms with Crippen LogP contribution in [0.1, 0.15) is 10.5 Å². The third-order valence-corrected chi connectivity index (χ3v) is 3.59. The molecule has 1 rings (SSSR count). The molecule has 1 amide bonds. The summed E-state index contributed by atoms with van der Waals surface area (Å²) in [6.07, 6.45) is 1.19. The lowest BCUT2D eigenvalue weighted by Gasteiger charge is -2.20. The van der Waals surface area contributed by atoms with Crippen LogP contribution < -0.4 is 5.14 Å². The fourth-order valence-electron chi connectivity index (χ4n) is 1.68. The van der Waals surface area contributed by atoms with Crippen LogP contribution in [0.2, 0.25) is 0 Å². The molecule has 3 N–H and O–H groups in total. The van der Waals surface area contributed by atoms with Gasteiger partial charge in [0.25, 0.3) is 5.91 Å². The Hall–Kier alpha value is -1.91. The molecule has 0 saturated carbocycles. The van der Waals surface area contributed by atoms with Gasteiger partial charge >= 0.3 is 5.97 Å². The van der Waals surface area contributed by atoms with Crippen molar-refractivity contribution in [2.24, 2.45) is 12.2 Å². The number of methoxy groups -OCH3 is 1. The van der Waals surface area contributed by atoms with E-state index in [-0.39, 0.29) is 23.7 Å². The molecular formula is C11H17N3O6S. The number of nitrogens with two attached hydrogens (primary N) is 1. The van der Waals surface area contributed by atoms with Gasteiger partial charge in [0.1, 0.15) is 17.1 Å². The Labute approximate surface area is 121 Å². The fraction of sp³-hybridized carbons (Fsp3) is 0.455. The van der Waals surface area contributed by atoms with Crippen LogP contribution in [0.25, 0.3) is 0 Å². The second-order valence-electron chi connectivity index (χ2n) is 4.33. The molecule has 0 radical (unpaired) electrons. The number of aliphatic carboxylic acids is 1. The van der Waals surface area contributed by atoms with Crippen molar-refractivity contribution in [3.63, 3.8) is 0 Å². The monoisotopic (exact) mass is 319 g/mol. The van der Waals surface area contributed by atoms with Crippen LogP contribution in [0.15, 0.2) is 17.2 Å². The first-order valence-corrected chi connectivity index (χ1v) is 7.40. The van der Waals surface area contributed by atoms with Crippen LogP contribution in [0.5, 0.6) is 0 Å². The predicted molar refractivity (Wildman–Crippen MR) is 72.2 cm³/mol. The summed E-state index contributed by atoms with van der Waals surface area (Å²) < 4.78 is 28.6. The number of carboxylic acid groups (broad SMARTS) is 1. The van der Waals surface area contributed by atoms with E-state index in [1.165, 1.54) is 24.9 Å². The minimum Gasteiger partial charge on any atom is -0.480 e. The van der Waals surface area contributed by atoms with E-state index >= 15 is 0 Å². The Morgan fingerprint density at radius 2 is 2.10 bits per heavy atom. The summed E-state index contributed by atoms with van der Waals surface area (Å²) in [7, 11) is -1.05. The number of carboxylic acids is 1.